The highest BCUT2D eigenvalue weighted by Crippen LogP contribution is 2.25. The first-order valence-electron chi connectivity index (χ1n) is 9.82. The second kappa shape index (κ2) is 10.2. The molecule has 0 spiro atoms. The number of rotatable bonds is 7. The van der Waals surface area contributed by atoms with Gasteiger partial charge in [0, 0.05) is 36.8 Å². The van der Waals surface area contributed by atoms with Crippen LogP contribution in [0.1, 0.15) is 10.4 Å². The molecule has 0 bridgehead atoms. The second-order valence-electron chi connectivity index (χ2n) is 6.99. The lowest BCUT2D eigenvalue weighted by Crippen LogP contribution is -2.51. The van der Waals surface area contributed by atoms with Gasteiger partial charge in [0.25, 0.3) is 11.8 Å². The third-order valence-corrected chi connectivity index (χ3v) is 6.75. The maximum atomic E-state index is 12.9. The van der Waals surface area contributed by atoms with E-state index in [-0.39, 0.29) is 34.6 Å². The summed E-state index contributed by atoms with van der Waals surface area (Å²) in [7, 11) is -1.15. The summed E-state index contributed by atoms with van der Waals surface area (Å²) in [6.45, 7) is 1.25. The van der Waals surface area contributed by atoms with Gasteiger partial charge >= 0.3 is 0 Å². The van der Waals surface area contributed by atoms with Crippen molar-refractivity contribution in [2.75, 3.05) is 46.9 Å². The van der Waals surface area contributed by atoms with E-state index in [0.717, 1.165) is 0 Å². The van der Waals surface area contributed by atoms with Crippen molar-refractivity contribution in [3.05, 3.63) is 53.1 Å². The standard InChI is InChI=1S/C21H24ClN3O6S/c1-23-32(28,29)19-13-15(3-8-18(19)30-2)21(27)25-11-9-24(10-12-25)20(26)14-31-17-6-4-16(22)5-7-17/h3-8,13,23H,9-12,14H2,1-2H3. The zero-order valence-electron chi connectivity index (χ0n) is 17.7. The van der Waals surface area contributed by atoms with Gasteiger partial charge in [-0.1, -0.05) is 11.6 Å². The lowest BCUT2D eigenvalue weighted by molar-refractivity contribution is -0.134. The Morgan fingerprint density at radius 3 is 2.25 bits per heavy atom. The molecule has 0 atom stereocenters. The van der Waals surface area contributed by atoms with Crippen molar-refractivity contribution in [3.63, 3.8) is 0 Å². The SMILES string of the molecule is CNS(=O)(=O)c1cc(C(=O)N2CCN(C(=O)COc3ccc(Cl)cc3)CC2)ccc1OC. The lowest BCUT2D eigenvalue weighted by Gasteiger charge is -2.34. The van der Waals surface area contributed by atoms with Crippen molar-refractivity contribution in [2.24, 2.45) is 0 Å². The fourth-order valence-corrected chi connectivity index (χ4v) is 4.28. The van der Waals surface area contributed by atoms with E-state index in [2.05, 4.69) is 4.72 Å². The Morgan fingerprint density at radius 1 is 1.03 bits per heavy atom. The molecule has 0 aromatic heterocycles. The number of halogens is 1. The van der Waals surface area contributed by atoms with Gasteiger partial charge in [-0.2, -0.15) is 0 Å². The summed E-state index contributed by atoms with van der Waals surface area (Å²) < 4.78 is 37.3. The molecular formula is C21H24ClN3O6S. The van der Waals surface area contributed by atoms with Crippen molar-refractivity contribution < 1.29 is 27.5 Å². The van der Waals surface area contributed by atoms with Crippen molar-refractivity contribution in [3.8, 4) is 11.5 Å². The van der Waals surface area contributed by atoms with Crippen LogP contribution >= 0.6 is 11.6 Å². The van der Waals surface area contributed by atoms with Crippen LogP contribution < -0.4 is 14.2 Å². The maximum absolute atomic E-state index is 12.9. The zero-order valence-corrected chi connectivity index (χ0v) is 19.3. The molecule has 2 amide bonds. The molecule has 11 heteroatoms. The molecule has 0 aliphatic carbocycles. The first-order chi connectivity index (χ1) is 15.2. The molecule has 0 radical (unpaired) electrons. The molecule has 2 aromatic carbocycles. The van der Waals surface area contributed by atoms with Crippen LogP contribution in [0.2, 0.25) is 5.02 Å². The van der Waals surface area contributed by atoms with Crippen molar-refractivity contribution in [2.45, 2.75) is 4.90 Å². The highest BCUT2D eigenvalue weighted by molar-refractivity contribution is 7.89. The fourth-order valence-electron chi connectivity index (χ4n) is 3.24. The summed E-state index contributed by atoms with van der Waals surface area (Å²) in [6.07, 6.45) is 0. The molecule has 1 saturated heterocycles. The van der Waals surface area contributed by atoms with Gasteiger partial charge < -0.3 is 19.3 Å². The molecule has 2 aromatic rings. The molecular weight excluding hydrogens is 458 g/mol. The van der Waals surface area contributed by atoms with Gasteiger partial charge in [0.1, 0.15) is 16.4 Å². The van der Waals surface area contributed by atoms with Crippen LogP contribution in [0.15, 0.2) is 47.4 Å². The molecule has 1 heterocycles. The fraction of sp³-hybridized carbons (Fsp3) is 0.333. The van der Waals surface area contributed by atoms with E-state index in [1.54, 1.807) is 34.1 Å². The average molecular weight is 482 g/mol. The van der Waals surface area contributed by atoms with E-state index in [0.29, 0.717) is 37.0 Å². The van der Waals surface area contributed by atoms with Gasteiger partial charge in [0.15, 0.2) is 6.61 Å². The van der Waals surface area contributed by atoms with E-state index in [4.69, 9.17) is 21.1 Å². The quantitative estimate of drug-likeness (QED) is 0.644. The number of nitrogens with zero attached hydrogens (tertiary/aromatic N) is 2. The minimum absolute atomic E-state index is 0.110. The predicted molar refractivity (Wildman–Crippen MR) is 119 cm³/mol. The Balaban J connectivity index is 1.60. The Bertz CT molecular complexity index is 1080. The molecule has 3 rings (SSSR count). The highest BCUT2D eigenvalue weighted by atomic mass is 35.5. The van der Waals surface area contributed by atoms with Crippen LogP contribution in [0.4, 0.5) is 0 Å². The number of methoxy groups -OCH3 is 1. The average Bonchev–Trinajstić information content (AvgIpc) is 2.82. The van der Waals surface area contributed by atoms with Crippen LogP contribution in [-0.2, 0) is 14.8 Å². The third kappa shape index (κ3) is 5.50. The molecule has 0 unspecified atom stereocenters. The molecule has 1 aliphatic heterocycles. The number of sulfonamides is 1. The van der Waals surface area contributed by atoms with E-state index in [1.165, 1.54) is 32.4 Å². The van der Waals surface area contributed by atoms with E-state index >= 15 is 0 Å². The number of hydrogen-bond acceptors (Lipinski definition) is 6. The monoisotopic (exact) mass is 481 g/mol. The zero-order chi connectivity index (χ0) is 23.3. The molecule has 1 N–H and O–H groups in total. The first kappa shape index (κ1) is 23.8. The largest absolute Gasteiger partial charge is 0.495 e. The normalized spacial score (nSPS) is 14.2. The number of piperazine rings is 1. The van der Waals surface area contributed by atoms with Gasteiger partial charge in [0.05, 0.1) is 7.11 Å². The van der Waals surface area contributed by atoms with E-state index in [9.17, 15) is 18.0 Å². The summed E-state index contributed by atoms with van der Waals surface area (Å²) in [6, 6.07) is 11.0. The topological polar surface area (TPSA) is 105 Å². The minimum atomic E-state index is -3.80. The second-order valence-corrected chi connectivity index (χ2v) is 9.28. The number of nitrogens with one attached hydrogen (secondary N) is 1. The summed E-state index contributed by atoms with van der Waals surface area (Å²) in [4.78, 5) is 28.4. The van der Waals surface area contributed by atoms with Crippen molar-refractivity contribution >= 4 is 33.4 Å². The summed E-state index contributed by atoms with van der Waals surface area (Å²) in [5.41, 5.74) is 0.227. The van der Waals surface area contributed by atoms with Crippen LogP contribution in [0.3, 0.4) is 0 Å². The van der Waals surface area contributed by atoms with Gasteiger partial charge in [-0.3, -0.25) is 9.59 Å². The van der Waals surface area contributed by atoms with Gasteiger partial charge in [-0.05, 0) is 49.5 Å². The Kier molecular flexibility index (Phi) is 7.60. The van der Waals surface area contributed by atoms with E-state index in [1.807, 2.05) is 0 Å². The van der Waals surface area contributed by atoms with Gasteiger partial charge in [0.2, 0.25) is 10.0 Å². The smallest absolute Gasteiger partial charge is 0.260 e. The summed E-state index contributed by atoms with van der Waals surface area (Å²) in [5, 5.41) is 0.581. The Morgan fingerprint density at radius 2 is 1.66 bits per heavy atom. The minimum Gasteiger partial charge on any atom is -0.495 e. The van der Waals surface area contributed by atoms with Gasteiger partial charge in [-0.15, -0.1) is 0 Å². The van der Waals surface area contributed by atoms with Crippen molar-refractivity contribution in [1.29, 1.82) is 0 Å². The predicted octanol–water partition coefficient (Wildman–Crippen LogP) is 1.62. The molecule has 1 fully saturated rings. The highest BCUT2D eigenvalue weighted by Gasteiger charge is 2.27. The summed E-state index contributed by atoms with van der Waals surface area (Å²) >= 11 is 5.83. The Labute approximate surface area is 191 Å². The number of carbonyl (C=O) groups excluding carboxylic acids is 2. The van der Waals surface area contributed by atoms with Crippen molar-refractivity contribution in [1.82, 2.24) is 14.5 Å². The lowest BCUT2D eigenvalue weighted by atomic mass is 10.1. The molecule has 1 aliphatic rings. The third-order valence-electron chi connectivity index (χ3n) is 5.06. The number of hydrogen-bond donors (Lipinski definition) is 1. The van der Waals surface area contributed by atoms with Crippen LogP contribution in [0.25, 0.3) is 0 Å². The number of benzene rings is 2. The van der Waals surface area contributed by atoms with E-state index < -0.39 is 10.0 Å². The van der Waals surface area contributed by atoms with Gasteiger partial charge in [-0.25, -0.2) is 13.1 Å². The number of ether oxygens (including phenoxy) is 2. The molecule has 9 nitrogen and oxygen atoms in total. The van der Waals surface area contributed by atoms with Crippen LogP contribution in [0.5, 0.6) is 11.5 Å². The van der Waals surface area contributed by atoms with Crippen LogP contribution in [-0.4, -0.2) is 77.0 Å². The van der Waals surface area contributed by atoms with Crippen LogP contribution in [0, 0.1) is 0 Å². The number of carbonyl (C=O) groups is 2. The summed E-state index contributed by atoms with van der Waals surface area (Å²) in [5.74, 6) is 0.194. The Hall–Kier alpha value is -2.82. The molecule has 0 saturated carbocycles. The molecule has 172 valence electrons. The first-order valence-corrected chi connectivity index (χ1v) is 11.7. The number of amides is 2. The molecule has 32 heavy (non-hydrogen) atoms. The maximum Gasteiger partial charge on any atom is 0.260 e.